The van der Waals surface area contributed by atoms with Gasteiger partial charge in [-0.3, -0.25) is 10.1 Å². The summed E-state index contributed by atoms with van der Waals surface area (Å²) in [5.41, 5.74) is 2.03. The monoisotopic (exact) mass is 380 g/mol. The van der Waals surface area contributed by atoms with Crippen molar-refractivity contribution in [1.82, 2.24) is 5.32 Å². The van der Waals surface area contributed by atoms with Crippen LogP contribution < -0.4 is 10.6 Å². The molecule has 0 bridgehead atoms. The van der Waals surface area contributed by atoms with E-state index in [4.69, 9.17) is 35.4 Å². The van der Waals surface area contributed by atoms with Gasteiger partial charge in [0.05, 0.1) is 5.69 Å². The molecule has 2 aromatic carbocycles. The van der Waals surface area contributed by atoms with Crippen molar-refractivity contribution in [3.05, 3.63) is 63.6 Å². The van der Waals surface area contributed by atoms with Crippen LogP contribution in [0.1, 0.15) is 11.1 Å². The van der Waals surface area contributed by atoms with E-state index in [0.29, 0.717) is 21.3 Å². The third-order valence-electron chi connectivity index (χ3n) is 3.01. The molecule has 1 amide bonds. The third kappa shape index (κ3) is 5.23. The van der Waals surface area contributed by atoms with Crippen LogP contribution in [0, 0.1) is 6.92 Å². The Morgan fingerprint density at radius 1 is 1.21 bits per heavy atom. The Hall–Kier alpha value is -2.08. The minimum atomic E-state index is -0.425. The number of rotatable bonds is 3. The van der Waals surface area contributed by atoms with Crippen LogP contribution in [0.2, 0.25) is 10.0 Å². The Morgan fingerprint density at radius 3 is 2.67 bits per heavy atom. The number of carbonyl (C=O) groups excluding carboxylic acids is 1. The lowest BCUT2D eigenvalue weighted by Crippen LogP contribution is -2.32. The van der Waals surface area contributed by atoms with Crippen molar-refractivity contribution in [2.75, 3.05) is 5.32 Å². The summed E-state index contributed by atoms with van der Waals surface area (Å²) < 4.78 is 0. The lowest BCUT2D eigenvalue weighted by molar-refractivity contribution is -0.115. The number of hydrogen-bond donors (Lipinski definition) is 3. The lowest BCUT2D eigenvalue weighted by atomic mass is 10.2. The van der Waals surface area contributed by atoms with Crippen molar-refractivity contribution < 1.29 is 9.90 Å². The Kier molecular flexibility index (Phi) is 6.20. The highest BCUT2D eigenvalue weighted by Crippen LogP contribution is 2.24. The van der Waals surface area contributed by atoms with Gasteiger partial charge >= 0.3 is 0 Å². The molecule has 7 heteroatoms. The fourth-order valence-electron chi connectivity index (χ4n) is 1.86. The Labute approximate surface area is 155 Å². The van der Waals surface area contributed by atoms with Crippen LogP contribution >= 0.6 is 35.4 Å². The number of aromatic hydroxyl groups is 1. The number of thiocarbonyl (C=S) groups is 1. The standard InChI is InChI=1S/C17H14Cl2N2O2S/c1-10-2-6-15(22)14(8-10)20-17(24)21-16(23)7-4-11-3-5-12(18)9-13(11)19/h2-9,22H,1H3,(H2,20,21,23,24). The second kappa shape index (κ2) is 8.15. The number of halogens is 2. The Bertz CT molecular complexity index is 822. The molecule has 0 saturated heterocycles. The van der Waals surface area contributed by atoms with Crippen LogP contribution in [0.3, 0.4) is 0 Å². The van der Waals surface area contributed by atoms with Crippen LogP contribution in [0.5, 0.6) is 5.75 Å². The third-order valence-corrected chi connectivity index (χ3v) is 3.78. The van der Waals surface area contributed by atoms with Crippen molar-refractivity contribution in [2.24, 2.45) is 0 Å². The zero-order valence-electron chi connectivity index (χ0n) is 12.6. The van der Waals surface area contributed by atoms with Gasteiger partial charge in [0.1, 0.15) is 5.75 Å². The molecular weight excluding hydrogens is 367 g/mol. The molecule has 0 atom stereocenters. The number of anilines is 1. The van der Waals surface area contributed by atoms with Gasteiger partial charge in [-0.05, 0) is 60.6 Å². The second-order valence-electron chi connectivity index (χ2n) is 4.96. The molecule has 0 aliphatic rings. The molecule has 2 rings (SSSR count). The van der Waals surface area contributed by atoms with Crippen molar-refractivity contribution in [1.29, 1.82) is 0 Å². The first kappa shape index (κ1) is 18.3. The fourth-order valence-corrected chi connectivity index (χ4v) is 2.54. The molecule has 0 aliphatic carbocycles. The molecule has 3 N–H and O–H groups in total. The van der Waals surface area contributed by atoms with Crippen molar-refractivity contribution in [3.8, 4) is 5.75 Å². The molecule has 0 radical (unpaired) electrons. The van der Waals surface area contributed by atoms with Gasteiger partial charge in [0.25, 0.3) is 0 Å². The molecule has 0 spiro atoms. The number of aryl methyl sites for hydroxylation is 1. The number of amides is 1. The molecule has 24 heavy (non-hydrogen) atoms. The summed E-state index contributed by atoms with van der Waals surface area (Å²) in [6.45, 7) is 1.88. The van der Waals surface area contributed by atoms with Crippen molar-refractivity contribution in [2.45, 2.75) is 6.92 Å². The van der Waals surface area contributed by atoms with Crippen LogP contribution in [0.4, 0.5) is 5.69 Å². The van der Waals surface area contributed by atoms with Crippen LogP contribution in [0.25, 0.3) is 6.08 Å². The molecular formula is C17H14Cl2N2O2S. The van der Waals surface area contributed by atoms with Gasteiger partial charge in [0.2, 0.25) is 5.91 Å². The van der Waals surface area contributed by atoms with Gasteiger partial charge < -0.3 is 10.4 Å². The summed E-state index contributed by atoms with van der Waals surface area (Å²) in [5.74, 6) is -0.383. The van der Waals surface area contributed by atoms with Gasteiger partial charge in [-0.2, -0.15) is 0 Å². The summed E-state index contributed by atoms with van der Waals surface area (Å²) >= 11 is 16.9. The second-order valence-corrected chi connectivity index (χ2v) is 6.22. The zero-order valence-corrected chi connectivity index (χ0v) is 15.0. The normalized spacial score (nSPS) is 10.6. The molecule has 124 valence electrons. The highest BCUT2D eigenvalue weighted by Gasteiger charge is 2.06. The molecule has 0 aliphatic heterocycles. The Balaban J connectivity index is 1.97. The van der Waals surface area contributed by atoms with Crippen molar-refractivity contribution >= 4 is 58.2 Å². The number of benzene rings is 2. The number of phenols is 1. The van der Waals surface area contributed by atoms with Gasteiger partial charge in [0.15, 0.2) is 5.11 Å². The maximum absolute atomic E-state index is 11.9. The van der Waals surface area contributed by atoms with E-state index in [1.807, 2.05) is 6.92 Å². The maximum atomic E-state index is 11.9. The Morgan fingerprint density at radius 2 is 1.96 bits per heavy atom. The van der Waals surface area contributed by atoms with E-state index < -0.39 is 5.91 Å². The highest BCUT2D eigenvalue weighted by atomic mass is 35.5. The number of phenolic OH excluding ortho intramolecular Hbond substituents is 1. The molecule has 0 aromatic heterocycles. The average molecular weight is 381 g/mol. The molecule has 0 saturated carbocycles. The summed E-state index contributed by atoms with van der Waals surface area (Å²) in [7, 11) is 0. The fraction of sp³-hybridized carbons (Fsp3) is 0.0588. The SMILES string of the molecule is Cc1ccc(O)c(NC(=S)NC(=O)C=Cc2ccc(Cl)cc2Cl)c1. The smallest absolute Gasteiger partial charge is 0.250 e. The maximum Gasteiger partial charge on any atom is 0.250 e. The van der Waals surface area contributed by atoms with Gasteiger partial charge in [0, 0.05) is 16.1 Å². The first-order valence-corrected chi connectivity index (χ1v) is 8.06. The van der Waals surface area contributed by atoms with E-state index in [0.717, 1.165) is 5.56 Å². The predicted octanol–water partition coefficient (Wildman–Crippen LogP) is 4.53. The predicted molar refractivity (Wildman–Crippen MR) is 103 cm³/mol. The lowest BCUT2D eigenvalue weighted by Gasteiger charge is -2.10. The zero-order chi connectivity index (χ0) is 17.7. The summed E-state index contributed by atoms with van der Waals surface area (Å²) in [6.07, 6.45) is 2.86. The summed E-state index contributed by atoms with van der Waals surface area (Å²) in [6, 6.07) is 10.0. The van der Waals surface area contributed by atoms with Gasteiger partial charge in [-0.15, -0.1) is 0 Å². The first-order chi connectivity index (χ1) is 11.3. The quantitative estimate of drug-likeness (QED) is 0.415. The molecule has 2 aromatic rings. The van der Waals surface area contributed by atoms with E-state index in [1.165, 1.54) is 6.08 Å². The van der Waals surface area contributed by atoms with Gasteiger partial charge in [-0.25, -0.2) is 0 Å². The topological polar surface area (TPSA) is 61.4 Å². The first-order valence-electron chi connectivity index (χ1n) is 6.90. The average Bonchev–Trinajstić information content (AvgIpc) is 2.50. The summed E-state index contributed by atoms with van der Waals surface area (Å²) in [4.78, 5) is 11.9. The molecule has 0 unspecified atom stereocenters. The minimum absolute atomic E-state index is 0.0423. The van der Waals surface area contributed by atoms with E-state index in [9.17, 15) is 9.90 Å². The summed E-state index contributed by atoms with van der Waals surface area (Å²) in [5, 5.41) is 16.0. The molecule has 0 heterocycles. The molecule has 0 fully saturated rings. The van der Waals surface area contributed by atoms with Crippen LogP contribution in [-0.2, 0) is 4.79 Å². The van der Waals surface area contributed by atoms with E-state index in [1.54, 1.807) is 42.5 Å². The van der Waals surface area contributed by atoms with Crippen LogP contribution in [0.15, 0.2) is 42.5 Å². The van der Waals surface area contributed by atoms with Crippen LogP contribution in [-0.4, -0.2) is 16.1 Å². The number of carbonyl (C=O) groups is 1. The van der Waals surface area contributed by atoms with Gasteiger partial charge in [-0.1, -0.05) is 35.3 Å². The van der Waals surface area contributed by atoms with E-state index in [-0.39, 0.29) is 10.9 Å². The minimum Gasteiger partial charge on any atom is -0.506 e. The van der Waals surface area contributed by atoms with Crippen molar-refractivity contribution in [3.63, 3.8) is 0 Å². The van der Waals surface area contributed by atoms with E-state index in [2.05, 4.69) is 10.6 Å². The largest absolute Gasteiger partial charge is 0.506 e. The highest BCUT2D eigenvalue weighted by molar-refractivity contribution is 7.80. The van der Waals surface area contributed by atoms with E-state index >= 15 is 0 Å². The number of hydrogen-bond acceptors (Lipinski definition) is 3. The number of nitrogens with one attached hydrogen (secondary N) is 2. The molecule has 4 nitrogen and oxygen atoms in total.